The van der Waals surface area contributed by atoms with Gasteiger partial charge in [-0.3, -0.25) is 14.4 Å². The number of rotatable bonds is 57. The lowest BCUT2D eigenvalue weighted by Crippen LogP contribution is -2.30. The van der Waals surface area contributed by atoms with E-state index in [0.717, 1.165) is 103 Å². The number of hydrogen-bond donors (Lipinski definition) is 0. The van der Waals surface area contributed by atoms with Gasteiger partial charge in [-0.15, -0.1) is 0 Å². The van der Waals surface area contributed by atoms with Gasteiger partial charge in [-0.25, -0.2) is 0 Å². The standard InChI is InChI=1S/C71H118O6/c1-4-7-10-13-16-19-22-25-28-31-34-35-38-40-43-46-49-52-55-58-61-64-70(73)76-67-68(77-71(74)65-62-59-56-53-50-47-44-41-37-33-30-27-24-21-18-15-12-9-6-3)66-75-69(72)63-60-57-54-51-48-45-42-39-36-32-29-26-23-20-17-14-11-8-5-2/h9,12,17-18,20-21,26-27,29-30,36-37,39,41,45,47-48,50,56,59,68H,4-8,10-11,13-16,19,22-25,28,31-35,38,40,42-44,46,49,51-55,57-58,60-67H2,1-3H3/b12-9-,20-17-,21-18-,29-26-,30-27-,39-36-,41-37-,48-45-,50-47-,59-56-/t68-/m1/s1. The van der Waals surface area contributed by atoms with Crippen molar-refractivity contribution < 1.29 is 28.6 Å². The molecule has 0 fully saturated rings. The van der Waals surface area contributed by atoms with Crippen molar-refractivity contribution in [3.8, 4) is 0 Å². The van der Waals surface area contributed by atoms with Gasteiger partial charge in [0.25, 0.3) is 0 Å². The fourth-order valence-electron chi connectivity index (χ4n) is 8.69. The van der Waals surface area contributed by atoms with Crippen LogP contribution in [-0.4, -0.2) is 37.2 Å². The quantitative estimate of drug-likeness (QED) is 0.0261. The van der Waals surface area contributed by atoms with Gasteiger partial charge in [0, 0.05) is 19.3 Å². The van der Waals surface area contributed by atoms with Crippen LogP contribution < -0.4 is 0 Å². The van der Waals surface area contributed by atoms with Crippen molar-refractivity contribution in [2.75, 3.05) is 13.2 Å². The first-order valence-electron chi connectivity index (χ1n) is 32.0. The highest BCUT2D eigenvalue weighted by Gasteiger charge is 2.19. The summed E-state index contributed by atoms with van der Waals surface area (Å²) in [6.07, 6.45) is 89.3. The molecule has 1 atom stereocenters. The predicted molar refractivity (Wildman–Crippen MR) is 334 cm³/mol. The van der Waals surface area contributed by atoms with Crippen molar-refractivity contribution in [2.45, 2.75) is 297 Å². The molecule has 0 aromatic rings. The van der Waals surface area contributed by atoms with E-state index < -0.39 is 12.1 Å². The summed E-state index contributed by atoms with van der Waals surface area (Å²) in [4.78, 5) is 38.3. The van der Waals surface area contributed by atoms with E-state index in [-0.39, 0.29) is 31.6 Å². The summed E-state index contributed by atoms with van der Waals surface area (Å²) in [5.74, 6) is -1.03. The zero-order valence-electron chi connectivity index (χ0n) is 50.2. The summed E-state index contributed by atoms with van der Waals surface area (Å²) in [5, 5.41) is 0. The Morgan fingerprint density at radius 3 is 0.870 bits per heavy atom. The van der Waals surface area contributed by atoms with Crippen LogP contribution >= 0.6 is 0 Å². The van der Waals surface area contributed by atoms with Crippen molar-refractivity contribution in [2.24, 2.45) is 0 Å². The second kappa shape index (κ2) is 64.3. The van der Waals surface area contributed by atoms with E-state index in [2.05, 4.69) is 136 Å². The minimum absolute atomic E-state index is 0.119. The van der Waals surface area contributed by atoms with Crippen LogP contribution in [0.5, 0.6) is 0 Å². The molecule has 6 nitrogen and oxygen atoms in total. The predicted octanol–water partition coefficient (Wildman–Crippen LogP) is 22.0. The van der Waals surface area contributed by atoms with Crippen LogP contribution in [0.2, 0.25) is 0 Å². The Hall–Kier alpha value is -4.19. The molecule has 0 saturated carbocycles. The molecule has 77 heavy (non-hydrogen) atoms. The topological polar surface area (TPSA) is 78.9 Å². The maximum atomic E-state index is 12.9. The van der Waals surface area contributed by atoms with E-state index >= 15 is 0 Å². The van der Waals surface area contributed by atoms with Gasteiger partial charge in [-0.1, -0.05) is 290 Å². The number of ether oxygens (including phenoxy) is 3. The maximum Gasteiger partial charge on any atom is 0.306 e. The first-order valence-corrected chi connectivity index (χ1v) is 32.0. The highest BCUT2D eigenvalue weighted by molar-refractivity contribution is 5.71. The Labute approximate surface area is 475 Å². The van der Waals surface area contributed by atoms with E-state index in [1.54, 1.807) is 0 Å². The first-order chi connectivity index (χ1) is 38.0. The van der Waals surface area contributed by atoms with Gasteiger partial charge in [0.05, 0.1) is 0 Å². The molecule has 0 rings (SSSR count). The van der Waals surface area contributed by atoms with Crippen molar-refractivity contribution in [3.05, 3.63) is 122 Å². The van der Waals surface area contributed by atoms with Gasteiger partial charge in [0.15, 0.2) is 6.10 Å². The minimum Gasteiger partial charge on any atom is -0.462 e. The Bertz CT molecular complexity index is 1600. The molecular formula is C71H118O6. The van der Waals surface area contributed by atoms with E-state index in [4.69, 9.17) is 14.2 Å². The van der Waals surface area contributed by atoms with Gasteiger partial charge in [-0.05, 0) is 103 Å². The van der Waals surface area contributed by atoms with Crippen molar-refractivity contribution in [3.63, 3.8) is 0 Å². The van der Waals surface area contributed by atoms with Crippen LogP contribution in [0.4, 0.5) is 0 Å². The van der Waals surface area contributed by atoms with Gasteiger partial charge < -0.3 is 14.2 Å². The number of unbranched alkanes of at least 4 members (excludes halogenated alkanes) is 26. The van der Waals surface area contributed by atoms with Gasteiger partial charge in [0.2, 0.25) is 0 Å². The van der Waals surface area contributed by atoms with E-state index in [1.165, 1.54) is 141 Å². The highest BCUT2D eigenvalue weighted by Crippen LogP contribution is 2.16. The zero-order valence-corrected chi connectivity index (χ0v) is 50.2. The summed E-state index contributed by atoms with van der Waals surface area (Å²) >= 11 is 0. The van der Waals surface area contributed by atoms with Gasteiger partial charge in [-0.2, -0.15) is 0 Å². The van der Waals surface area contributed by atoms with E-state index in [1.807, 2.05) is 6.08 Å². The van der Waals surface area contributed by atoms with Crippen LogP contribution in [0.3, 0.4) is 0 Å². The number of hydrogen-bond acceptors (Lipinski definition) is 6. The molecule has 0 bridgehead atoms. The highest BCUT2D eigenvalue weighted by atomic mass is 16.6. The summed E-state index contributed by atoms with van der Waals surface area (Å²) in [5.41, 5.74) is 0. The number of carbonyl (C=O) groups excluding carboxylic acids is 3. The maximum absolute atomic E-state index is 12.9. The SMILES string of the molecule is CC/C=C\C/C=C\C/C=C\C/C=C\C/C=C\C/C=C\CCC(=O)O[C@H](COC(=O)CCCCC/C=C\C/C=C\C/C=C\C/C=C\CCCCC)COC(=O)CCCCCCCCCCCCCCCCCCCCCCC. The molecule has 0 spiro atoms. The van der Waals surface area contributed by atoms with Crippen LogP contribution in [-0.2, 0) is 28.6 Å². The molecule has 0 unspecified atom stereocenters. The number of carbonyl (C=O) groups is 3. The third-order valence-electron chi connectivity index (χ3n) is 13.5. The van der Waals surface area contributed by atoms with Crippen LogP contribution in [0.25, 0.3) is 0 Å². The van der Waals surface area contributed by atoms with Gasteiger partial charge >= 0.3 is 17.9 Å². The average Bonchev–Trinajstić information content (AvgIpc) is 3.43. The van der Waals surface area contributed by atoms with Crippen molar-refractivity contribution in [1.29, 1.82) is 0 Å². The molecule has 0 aromatic carbocycles. The third kappa shape index (κ3) is 62.5. The normalized spacial score (nSPS) is 12.9. The molecule has 438 valence electrons. The lowest BCUT2D eigenvalue weighted by atomic mass is 10.0. The third-order valence-corrected chi connectivity index (χ3v) is 13.5. The Kier molecular flexibility index (Phi) is 60.8. The molecular weight excluding hydrogens is 949 g/mol. The average molecular weight is 1070 g/mol. The number of esters is 3. The molecule has 0 aliphatic heterocycles. The first kappa shape index (κ1) is 72.8. The van der Waals surface area contributed by atoms with Gasteiger partial charge in [0.1, 0.15) is 13.2 Å². The summed E-state index contributed by atoms with van der Waals surface area (Å²) in [6, 6.07) is 0. The Balaban J connectivity index is 4.52. The largest absolute Gasteiger partial charge is 0.462 e. The fraction of sp³-hybridized carbons (Fsp3) is 0.676. The molecule has 0 aliphatic carbocycles. The summed E-state index contributed by atoms with van der Waals surface area (Å²) in [7, 11) is 0. The van der Waals surface area contributed by atoms with Crippen LogP contribution in [0.15, 0.2) is 122 Å². The molecule has 0 N–H and O–H groups in total. The molecule has 0 heterocycles. The lowest BCUT2D eigenvalue weighted by molar-refractivity contribution is -0.166. The molecule has 0 saturated heterocycles. The molecule has 0 amide bonds. The van der Waals surface area contributed by atoms with Crippen molar-refractivity contribution >= 4 is 17.9 Å². The fourth-order valence-corrected chi connectivity index (χ4v) is 8.69. The Morgan fingerprint density at radius 1 is 0.273 bits per heavy atom. The molecule has 0 radical (unpaired) electrons. The molecule has 0 aromatic heterocycles. The second-order valence-corrected chi connectivity index (χ2v) is 20.9. The summed E-state index contributed by atoms with van der Waals surface area (Å²) < 4.78 is 16.8. The smallest absolute Gasteiger partial charge is 0.306 e. The zero-order chi connectivity index (χ0) is 55.7. The van der Waals surface area contributed by atoms with E-state index in [0.29, 0.717) is 19.3 Å². The summed E-state index contributed by atoms with van der Waals surface area (Å²) in [6.45, 7) is 6.43. The lowest BCUT2D eigenvalue weighted by Gasteiger charge is -2.18. The Morgan fingerprint density at radius 2 is 0.532 bits per heavy atom. The monoisotopic (exact) mass is 1070 g/mol. The van der Waals surface area contributed by atoms with Crippen LogP contribution in [0, 0.1) is 0 Å². The van der Waals surface area contributed by atoms with Crippen molar-refractivity contribution in [1.82, 2.24) is 0 Å². The van der Waals surface area contributed by atoms with E-state index in [9.17, 15) is 14.4 Å². The minimum atomic E-state index is -0.835. The second-order valence-electron chi connectivity index (χ2n) is 20.9. The number of allylic oxidation sites excluding steroid dienone is 20. The molecule has 0 aliphatic rings. The van der Waals surface area contributed by atoms with Crippen LogP contribution in [0.1, 0.15) is 290 Å². The molecule has 6 heteroatoms.